The van der Waals surface area contributed by atoms with Gasteiger partial charge in [-0.2, -0.15) is 0 Å². The van der Waals surface area contributed by atoms with E-state index in [-0.39, 0.29) is 22.1 Å². The Balaban J connectivity index is 3.52. The number of carbonyl (C=O) groups is 1. The number of benzene rings is 1. The predicted molar refractivity (Wildman–Crippen MR) is 51.4 cm³/mol. The Hall–Kier alpha value is -1.42. The maximum absolute atomic E-state index is 10.8. The molecule has 0 saturated heterocycles. The van der Waals surface area contributed by atoms with Crippen LogP contribution in [0.1, 0.15) is 15.9 Å². The minimum Gasteiger partial charge on any atom is -0.504 e. The van der Waals surface area contributed by atoms with Gasteiger partial charge in [-0.15, -0.1) is 0 Å². The van der Waals surface area contributed by atoms with E-state index < -0.39 is 5.97 Å². The Morgan fingerprint density at radius 3 is 2.57 bits per heavy atom. The molecule has 1 aromatic carbocycles. The van der Waals surface area contributed by atoms with Gasteiger partial charge in [-0.05, 0) is 18.6 Å². The molecule has 0 fully saturated rings. The summed E-state index contributed by atoms with van der Waals surface area (Å²) >= 11 is 5.75. The first kappa shape index (κ1) is 10.7. The zero-order valence-electron chi connectivity index (χ0n) is 7.67. The Morgan fingerprint density at radius 2 is 2.14 bits per heavy atom. The number of carboxylic acids is 1. The van der Waals surface area contributed by atoms with Crippen molar-refractivity contribution in [2.75, 3.05) is 7.11 Å². The fourth-order valence-corrected chi connectivity index (χ4v) is 1.60. The summed E-state index contributed by atoms with van der Waals surface area (Å²) in [4.78, 5) is 10.8. The quantitative estimate of drug-likeness (QED) is 0.794. The first-order valence-electron chi connectivity index (χ1n) is 3.78. The van der Waals surface area contributed by atoms with Crippen molar-refractivity contribution in [2.45, 2.75) is 6.92 Å². The summed E-state index contributed by atoms with van der Waals surface area (Å²) < 4.78 is 4.78. The fraction of sp³-hybridized carbons (Fsp3) is 0.222. The standard InChI is InChI=1S/C9H9ClO4/c1-4-3-5(11)8(14-2)7(10)6(4)9(12)13/h3,11H,1-2H3,(H,12,13). The van der Waals surface area contributed by atoms with E-state index in [9.17, 15) is 9.90 Å². The second-order valence-electron chi connectivity index (χ2n) is 2.74. The van der Waals surface area contributed by atoms with Gasteiger partial charge in [0.15, 0.2) is 11.5 Å². The van der Waals surface area contributed by atoms with Crippen LogP contribution in [0.2, 0.25) is 5.02 Å². The van der Waals surface area contributed by atoms with Gasteiger partial charge in [0, 0.05) is 0 Å². The number of hydrogen-bond acceptors (Lipinski definition) is 3. The summed E-state index contributed by atoms with van der Waals surface area (Å²) in [5.41, 5.74) is 0.335. The normalized spacial score (nSPS) is 9.93. The summed E-state index contributed by atoms with van der Waals surface area (Å²) in [5, 5.41) is 18.1. The number of phenolic OH excluding ortho intramolecular Hbond substituents is 1. The third kappa shape index (κ3) is 1.61. The molecule has 0 amide bonds. The van der Waals surface area contributed by atoms with Crippen LogP contribution < -0.4 is 4.74 Å². The second-order valence-corrected chi connectivity index (χ2v) is 3.12. The van der Waals surface area contributed by atoms with Crippen LogP contribution in [0, 0.1) is 6.92 Å². The van der Waals surface area contributed by atoms with Crippen LogP contribution in [0.5, 0.6) is 11.5 Å². The second kappa shape index (κ2) is 3.75. The zero-order chi connectivity index (χ0) is 10.9. The molecule has 1 rings (SSSR count). The molecule has 0 aliphatic carbocycles. The largest absolute Gasteiger partial charge is 0.504 e. The highest BCUT2D eigenvalue weighted by Crippen LogP contribution is 2.38. The van der Waals surface area contributed by atoms with Crippen LogP contribution in [0.3, 0.4) is 0 Å². The number of aromatic carboxylic acids is 1. The number of rotatable bonds is 2. The molecule has 0 heterocycles. The number of halogens is 1. The summed E-state index contributed by atoms with van der Waals surface area (Å²) in [7, 11) is 1.31. The molecule has 1 aromatic rings. The minimum absolute atomic E-state index is 0.0188. The Bertz CT molecular complexity index is 387. The Morgan fingerprint density at radius 1 is 1.57 bits per heavy atom. The molecule has 4 nitrogen and oxygen atoms in total. The number of hydrogen-bond donors (Lipinski definition) is 2. The summed E-state index contributed by atoms with van der Waals surface area (Å²) in [6, 6.07) is 1.30. The van der Waals surface area contributed by atoms with Crippen molar-refractivity contribution in [3.8, 4) is 11.5 Å². The van der Waals surface area contributed by atoms with E-state index in [0.717, 1.165) is 0 Å². The molecule has 0 radical (unpaired) electrons. The molecule has 0 saturated carbocycles. The first-order chi connectivity index (χ1) is 6.49. The van der Waals surface area contributed by atoms with Crippen molar-refractivity contribution in [2.24, 2.45) is 0 Å². The molecule has 0 spiro atoms. The van der Waals surface area contributed by atoms with Crippen molar-refractivity contribution in [1.82, 2.24) is 0 Å². The number of aromatic hydroxyl groups is 1. The van der Waals surface area contributed by atoms with E-state index in [1.165, 1.54) is 13.2 Å². The van der Waals surface area contributed by atoms with Gasteiger partial charge in [0.1, 0.15) is 5.02 Å². The number of carboxylic acid groups (broad SMARTS) is 1. The number of aryl methyl sites for hydroxylation is 1. The predicted octanol–water partition coefficient (Wildman–Crippen LogP) is 2.06. The van der Waals surface area contributed by atoms with Gasteiger partial charge < -0.3 is 14.9 Å². The van der Waals surface area contributed by atoms with Gasteiger partial charge >= 0.3 is 5.97 Å². The number of phenols is 1. The van der Waals surface area contributed by atoms with Crippen LogP contribution in [0.15, 0.2) is 6.07 Å². The number of ether oxygens (including phenoxy) is 1. The Kier molecular flexibility index (Phi) is 2.86. The van der Waals surface area contributed by atoms with E-state index >= 15 is 0 Å². The molecule has 0 unspecified atom stereocenters. The molecule has 5 heteroatoms. The molecule has 0 aromatic heterocycles. The van der Waals surface area contributed by atoms with Crippen molar-refractivity contribution in [3.05, 3.63) is 22.2 Å². The van der Waals surface area contributed by atoms with Crippen LogP contribution in [-0.4, -0.2) is 23.3 Å². The fourth-order valence-electron chi connectivity index (χ4n) is 1.20. The summed E-state index contributed by atoms with van der Waals surface area (Å²) in [6.07, 6.45) is 0. The summed E-state index contributed by atoms with van der Waals surface area (Å²) in [5.74, 6) is -1.33. The SMILES string of the molecule is COc1c(O)cc(C)c(C(=O)O)c1Cl. The van der Waals surface area contributed by atoms with E-state index in [0.29, 0.717) is 5.56 Å². The van der Waals surface area contributed by atoms with Crippen LogP contribution in [-0.2, 0) is 0 Å². The van der Waals surface area contributed by atoms with E-state index in [2.05, 4.69) is 0 Å². The zero-order valence-corrected chi connectivity index (χ0v) is 8.42. The average molecular weight is 217 g/mol. The van der Waals surface area contributed by atoms with Crippen molar-refractivity contribution >= 4 is 17.6 Å². The molecule has 0 aliphatic heterocycles. The maximum atomic E-state index is 10.8. The van der Waals surface area contributed by atoms with Gasteiger partial charge in [0.05, 0.1) is 12.7 Å². The Labute approximate surface area is 85.7 Å². The molecule has 2 N–H and O–H groups in total. The monoisotopic (exact) mass is 216 g/mol. The lowest BCUT2D eigenvalue weighted by Gasteiger charge is -2.10. The van der Waals surface area contributed by atoms with Gasteiger partial charge in [0.25, 0.3) is 0 Å². The van der Waals surface area contributed by atoms with Crippen LogP contribution in [0.25, 0.3) is 0 Å². The lowest BCUT2D eigenvalue weighted by Crippen LogP contribution is -2.02. The van der Waals surface area contributed by atoms with Crippen molar-refractivity contribution in [1.29, 1.82) is 0 Å². The van der Waals surface area contributed by atoms with Gasteiger partial charge in [-0.1, -0.05) is 11.6 Å². The highest BCUT2D eigenvalue weighted by Gasteiger charge is 2.19. The van der Waals surface area contributed by atoms with Crippen LogP contribution in [0.4, 0.5) is 0 Å². The molecular weight excluding hydrogens is 208 g/mol. The third-order valence-corrected chi connectivity index (χ3v) is 2.18. The van der Waals surface area contributed by atoms with E-state index in [4.69, 9.17) is 21.4 Å². The minimum atomic E-state index is -1.15. The summed E-state index contributed by atoms with van der Waals surface area (Å²) in [6.45, 7) is 1.55. The molecule has 0 atom stereocenters. The third-order valence-electron chi connectivity index (χ3n) is 1.82. The van der Waals surface area contributed by atoms with Gasteiger partial charge in [-0.3, -0.25) is 0 Å². The van der Waals surface area contributed by atoms with E-state index in [1.54, 1.807) is 6.92 Å². The highest BCUT2D eigenvalue weighted by molar-refractivity contribution is 6.35. The lowest BCUT2D eigenvalue weighted by atomic mass is 10.1. The van der Waals surface area contributed by atoms with Crippen molar-refractivity contribution < 1.29 is 19.7 Å². The topological polar surface area (TPSA) is 66.8 Å². The smallest absolute Gasteiger partial charge is 0.337 e. The molecule has 14 heavy (non-hydrogen) atoms. The number of methoxy groups -OCH3 is 1. The molecule has 0 aliphatic rings. The van der Waals surface area contributed by atoms with Crippen molar-refractivity contribution in [3.63, 3.8) is 0 Å². The molecule has 0 bridgehead atoms. The first-order valence-corrected chi connectivity index (χ1v) is 4.16. The highest BCUT2D eigenvalue weighted by atomic mass is 35.5. The van der Waals surface area contributed by atoms with Gasteiger partial charge in [0.2, 0.25) is 0 Å². The van der Waals surface area contributed by atoms with Gasteiger partial charge in [-0.25, -0.2) is 4.79 Å². The lowest BCUT2D eigenvalue weighted by molar-refractivity contribution is 0.0696. The maximum Gasteiger partial charge on any atom is 0.337 e. The van der Waals surface area contributed by atoms with Crippen LogP contribution >= 0.6 is 11.6 Å². The molecular formula is C9H9ClO4. The molecule has 76 valence electrons. The average Bonchev–Trinajstić information content (AvgIpc) is 2.02. The van der Waals surface area contributed by atoms with E-state index in [1.807, 2.05) is 0 Å².